The number of fused-ring (bicyclic) bond motifs is 1. The fourth-order valence-electron chi connectivity index (χ4n) is 3.14. The predicted molar refractivity (Wildman–Crippen MR) is 80.1 cm³/mol. The number of aromatic nitrogens is 1. The highest BCUT2D eigenvalue weighted by molar-refractivity contribution is 6.05. The molecule has 0 unspecified atom stereocenters. The van der Waals surface area contributed by atoms with Gasteiger partial charge in [0.05, 0.1) is 5.52 Å². The van der Waals surface area contributed by atoms with Crippen molar-refractivity contribution in [3.05, 3.63) is 41.1 Å². The van der Waals surface area contributed by atoms with E-state index in [-0.39, 0.29) is 0 Å². The maximum Gasteiger partial charge on any atom is 0.353 e. The minimum atomic E-state index is -0.863. The Morgan fingerprint density at radius 2 is 2.20 bits per heavy atom. The summed E-state index contributed by atoms with van der Waals surface area (Å²) < 4.78 is 1.81. The average molecular weight is 270 g/mol. The van der Waals surface area contributed by atoms with Gasteiger partial charge in [-0.3, -0.25) is 0 Å². The molecule has 1 aliphatic rings. The molecule has 4 heteroatoms. The third-order valence-electron chi connectivity index (χ3n) is 4.00. The van der Waals surface area contributed by atoms with Gasteiger partial charge in [-0.1, -0.05) is 24.3 Å². The van der Waals surface area contributed by atoms with E-state index in [0.29, 0.717) is 5.69 Å². The van der Waals surface area contributed by atoms with Gasteiger partial charge in [-0.15, -0.1) is 0 Å². The highest BCUT2D eigenvalue weighted by Crippen LogP contribution is 2.34. The largest absolute Gasteiger partial charge is 0.477 e. The molecule has 104 valence electrons. The van der Waals surface area contributed by atoms with Crippen LogP contribution in [0.25, 0.3) is 16.5 Å². The number of carboxylic acids is 1. The second kappa shape index (κ2) is 4.80. The Morgan fingerprint density at radius 3 is 2.85 bits per heavy atom. The molecule has 0 aliphatic carbocycles. The number of aromatic carboxylic acids is 1. The summed E-state index contributed by atoms with van der Waals surface area (Å²) >= 11 is 0. The van der Waals surface area contributed by atoms with Crippen molar-refractivity contribution in [3.8, 4) is 0 Å². The van der Waals surface area contributed by atoms with Crippen molar-refractivity contribution < 1.29 is 9.90 Å². The minimum Gasteiger partial charge on any atom is -0.477 e. The van der Waals surface area contributed by atoms with E-state index in [1.165, 1.54) is 0 Å². The number of carboxylic acid groups (broad SMARTS) is 1. The monoisotopic (exact) mass is 270 g/mol. The van der Waals surface area contributed by atoms with Crippen molar-refractivity contribution >= 4 is 22.4 Å². The number of nitrogens with one attached hydrogen (secondary N) is 1. The lowest BCUT2D eigenvalue weighted by molar-refractivity contribution is 0.0686. The highest BCUT2D eigenvalue weighted by atomic mass is 16.4. The van der Waals surface area contributed by atoms with Crippen LogP contribution in [0.15, 0.2) is 24.3 Å². The molecule has 0 saturated carbocycles. The molecule has 4 nitrogen and oxygen atoms in total. The van der Waals surface area contributed by atoms with Gasteiger partial charge in [0.15, 0.2) is 0 Å². The number of hydrogen-bond acceptors (Lipinski definition) is 2. The molecule has 3 rings (SSSR count). The van der Waals surface area contributed by atoms with E-state index >= 15 is 0 Å². The van der Waals surface area contributed by atoms with Gasteiger partial charge in [0.2, 0.25) is 0 Å². The van der Waals surface area contributed by atoms with Crippen LogP contribution >= 0.6 is 0 Å². The normalized spacial score (nSPS) is 15.4. The second-order valence-corrected chi connectivity index (χ2v) is 5.24. The predicted octanol–water partition coefficient (Wildman–Crippen LogP) is 2.56. The van der Waals surface area contributed by atoms with E-state index in [0.717, 1.165) is 47.1 Å². The molecule has 20 heavy (non-hydrogen) atoms. The molecule has 1 aliphatic heterocycles. The summed E-state index contributed by atoms with van der Waals surface area (Å²) in [4.78, 5) is 11.7. The van der Waals surface area contributed by atoms with Crippen LogP contribution in [0, 0.1) is 6.92 Å². The highest BCUT2D eigenvalue weighted by Gasteiger charge is 2.24. The number of benzene rings is 1. The van der Waals surface area contributed by atoms with Crippen LogP contribution in [0.4, 0.5) is 0 Å². The molecule has 0 atom stereocenters. The zero-order valence-corrected chi connectivity index (χ0v) is 11.7. The first-order chi connectivity index (χ1) is 9.61. The fourth-order valence-corrected chi connectivity index (χ4v) is 3.14. The Morgan fingerprint density at radius 1 is 1.40 bits per heavy atom. The van der Waals surface area contributed by atoms with Gasteiger partial charge in [0.1, 0.15) is 5.69 Å². The van der Waals surface area contributed by atoms with Crippen LogP contribution in [0.1, 0.15) is 28.0 Å². The molecule has 2 N–H and O–H groups in total. The Balaban J connectivity index is 2.39. The molecule has 2 aromatic rings. The van der Waals surface area contributed by atoms with Gasteiger partial charge in [-0.2, -0.15) is 0 Å². The third-order valence-corrected chi connectivity index (χ3v) is 4.00. The van der Waals surface area contributed by atoms with Crippen molar-refractivity contribution in [3.63, 3.8) is 0 Å². The number of para-hydroxylation sites is 1. The van der Waals surface area contributed by atoms with Gasteiger partial charge in [0, 0.05) is 24.5 Å². The van der Waals surface area contributed by atoms with Crippen molar-refractivity contribution in [2.24, 2.45) is 7.05 Å². The summed E-state index contributed by atoms with van der Waals surface area (Å²) in [7, 11) is 1.84. The quantitative estimate of drug-likeness (QED) is 0.881. The van der Waals surface area contributed by atoms with E-state index in [1.54, 1.807) is 0 Å². The molecule has 0 radical (unpaired) electrons. The first-order valence-electron chi connectivity index (χ1n) is 6.82. The zero-order valence-electron chi connectivity index (χ0n) is 11.7. The lowest BCUT2D eigenvalue weighted by atomic mass is 9.96. The van der Waals surface area contributed by atoms with E-state index in [1.807, 2.05) is 36.7 Å². The third kappa shape index (κ3) is 1.84. The molecule has 0 bridgehead atoms. The van der Waals surface area contributed by atoms with Crippen molar-refractivity contribution in [2.45, 2.75) is 13.3 Å². The van der Waals surface area contributed by atoms with Crippen LogP contribution in [0.5, 0.6) is 0 Å². The van der Waals surface area contributed by atoms with E-state index in [9.17, 15) is 9.90 Å². The van der Waals surface area contributed by atoms with Crippen LogP contribution < -0.4 is 5.32 Å². The molecule has 0 spiro atoms. The van der Waals surface area contributed by atoms with Crippen molar-refractivity contribution in [2.75, 3.05) is 13.1 Å². The molecule has 0 fully saturated rings. The van der Waals surface area contributed by atoms with Gasteiger partial charge < -0.3 is 15.0 Å². The van der Waals surface area contributed by atoms with E-state index in [2.05, 4.69) is 11.4 Å². The first-order valence-corrected chi connectivity index (χ1v) is 6.82. The Hall–Kier alpha value is -2.07. The second-order valence-electron chi connectivity index (χ2n) is 5.24. The van der Waals surface area contributed by atoms with Crippen LogP contribution in [0.2, 0.25) is 0 Å². The van der Waals surface area contributed by atoms with Crippen molar-refractivity contribution in [1.29, 1.82) is 0 Å². The molecular formula is C16H18N2O2. The first kappa shape index (κ1) is 12.9. The molecule has 1 aromatic carbocycles. The Kier molecular flexibility index (Phi) is 3.10. The summed E-state index contributed by atoms with van der Waals surface area (Å²) in [5, 5.41) is 13.9. The maximum absolute atomic E-state index is 11.7. The van der Waals surface area contributed by atoms with Crippen LogP contribution in [-0.2, 0) is 7.05 Å². The summed E-state index contributed by atoms with van der Waals surface area (Å²) in [6.07, 6.45) is 2.97. The molecule has 0 amide bonds. The van der Waals surface area contributed by atoms with E-state index in [4.69, 9.17) is 0 Å². The lowest BCUT2D eigenvalue weighted by Gasteiger charge is -2.14. The van der Waals surface area contributed by atoms with Gasteiger partial charge in [0.25, 0.3) is 0 Å². The summed E-state index contributed by atoms with van der Waals surface area (Å²) in [6, 6.07) is 6.04. The van der Waals surface area contributed by atoms with E-state index < -0.39 is 5.97 Å². The average Bonchev–Trinajstić information content (AvgIpc) is 2.74. The SMILES string of the molecule is Cc1cccc2c(C3=CCNCC3)c(C(=O)O)n(C)c12. The van der Waals surface area contributed by atoms with Crippen LogP contribution in [-0.4, -0.2) is 28.7 Å². The standard InChI is InChI=1S/C16H18N2O2/c1-10-4-3-5-12-13(11-6-8-17-9-7-11)15(16(19)20)18(2)14(10)12/h3-6,17H,7-9H2,1-2H3,(H,19,20). The molecule has 1 aromatic heterocycles. The molecule has 2 heterocycles. The van der Waals surface area contributed by atoms with Crippen molar-refractivity contribution in [1.82, 2.24) is 9.88 Å². The number of hydrogen-bond donors (Lipinski definition) is 2. The molecule has 0 saturated heterocycles. The number of rotatable bonds is 2. The Labute approximate surface area is 117 Å². The zero-order chi connectivity index (χ0) is 14.3. The molecular weight excluding hydrogens is 252 g/mol. The van der Waals surface area contributed by atoms with Gasteiger partial charge >= 0.3 is 5.97 Å². The van der Waals surface area contributed by atoms with Crippen LogP contribution in [0.3, 0.4) is 0 Å². The lowest BCUT2D eigenvalue weighted by Crippen LogP contribution is -2.20. The van der Waals surface area contributed by atoms with Gasteiger partial charge in [-0.05, 0) is 31.0 Å². The smallest absolute Gasteiger partial charge is 0.353 e. The number of nitrogens with zero attached hydrogens (tertiary/aromatic N) is 1. The summed E-state index contributed by atoms with van der Waals surface area (Å²) in [5.41, 5.74) is 4.53. The minimum absolute atomic E-state index is 0.391. The summed E-state index contributed by atoms with van der Waals surface area (Å²) in [6.45, 7) is 3.72. The summed E-state index contributed by atoms with van der Waals surface area (Å²) in [5.74, 6) is -0.863. The Bertz CT molecular complexity index is 726. The maximum atomic E-state index is 11.7. The topological polar surface area (TPSA) is 54.3 Å². The number of carbonyl (C=O) groups is 1. The number of aryl methyl sites for hydroxylation is 2. The fraction of sp³-hybridized carbons (Fsp3) is 0.312. The van der Waals surface area contributed by atoms with Gasteiger partial charge in [-0.25, -0.2) is 4.79 Å².